The molecular formula is C14H23N5O. The summed E-state index contributed by atoms with van der Waals surface area (Å²) in [5, 5.41) is 17.3. The lowest BCUT2D eigenvalue weighted by Crippen LogP contribution is -2.37. The van der Waals surface area contributed by atoms with Crippen LogP contribution in [0.1, 0.15) is 17.7 Å². The van der Waals surface area contributed by atoms with E-state index < -0.39 is 0 Å². The molecule has 1 aliphatic heterocycles. The summed E-state index contributed by atoms with van der Waals surface area (Å²) in [5.74, 6) is -0.0156. The van der Waals surface area contributed by atoms with Crippen molar-refractivity contribution in [2.75, 3.05) is 27.2 Å². The Morgan fingerprint density at radius 2 is 2.35 bits per heavy atom. The molecule has 0 spiro atoms. The van der Waals surface area contributed by atoms with E-state index in [0.29, 0.717) is 18.3 Å². The van der Waals surface area contributed by atoms with Crippen LogP contribution in [0.15, 0.2) is 18.3 Å². The number of likely N-dealkylation sites (N-methyl/N-ethyl adjacent to an activating group) is 1. The van der Waals surface area contributed by atoms with E-state index in [9.17, 15) is 5.11 Å². The fourth-order valence-corrected chi connectivity index (χ4v) is 2.72. The van der Waals surface area contributed by atoms with Gasteiger partial charge in [-0.3, -0.25) is 15.3 Å². The van der Waals surface area contributed by atoms with Crippen molar-refractivity contribution in [1.82, 2.24) is 14.8 Å². The second kappa shape index (κ2) is 6.30. The molecule has 1 aliphatic rings. The highest BCUT2D eigenvalue weighted by molar-refractivity contribution is 5.93. The Kier molecular flexibility index (Phi) is 4.69. The number of nitrogens with two attached hydrogens (primary N) is 1. The first-order valence-corrected chi connectivity index (χ1v) is 6.82. The summed E-state index contributed by atoms with van der Waals surface area (Å²) in [6, 6.07) is 4.14. The molecule has 4 N–H and O–H groups in total. The van der Waals surface area contributed by atoms with Crippen molar-refractivity contribution >= 4 is 5.84 Å². The fourth-order valence-electron chi connectivity index (χ4n) is 2.72. The first-order chi connectivity index (χ1) is 9.45. The lowest BCUT2D eigenvalue weighted by atomic mass is 10.1. The molecule has 1 aromatic heterocycles. The maximum atomic E-state index is 9.88. The van der Waals surface area contributed by atoms with Crippen LogP contribution in [0.25, 0.3) is 0 Å². The van der Waals surface area contributed by atoms with E-state index in [1.807, 2.05) is 26.2 Å². The SMILES string of the molecule is CN(C)CC1CC(O)CN1Cc1ccnc(C(=N)N)c1. The molecule has 0 radical (unpaired) electrons. The summed E-state index contributed by atoms with van der Waals surface area (Å²) in [4.78, 5) is 8.49. The average Bonchev–Trinajstić information content (AvgIpc) is 2.68. The molecule has 20 heavy (non-hydrogen) atoms. The summed E-state index contributed by atoms with van der Waals surface area (Å²) in [5.41, 5.74) is 7.04. The van der Waals surface area contributed by atoms with E-state index in [1.165, 1.54) is 0 Å². The van der Waals surface area contributed by atoms with Crippen molar-refractivity contribution < 1.29 is 5.11 Å². The van der Waals surface area contributed by atoms with Gasteiger partial charge in [0.15, 0.2) is 0 Å². The second-order valence-electron chi connectivity index (χ2n) is 5.70. The number of rotatable bonds is 5. The number of aromatic nitrogens is 1. The van der Waals surface area contributed by atoms with Crippen molar-refractivity contribution in [1.29, 1.82) is 5.41 Å². The minimum atomic E-state index is -0.255. The van der Waals surface area contributed by atoms with Crippen LogP contribution in [0.5, 0.6) is 0 Å². The minimum absolute atomic E-state index is 0.0156. The Morgan fingerprint density at radius 3 is 3.00 bits per heavy atom. The van der Waals surface area contributed by atoms with Gasteiger partial charge >= 0.3 is 0 Å². The highest BCUT2D eigenvalue weighted by atomic mass is 16.3. The predicted octanol–water partition coefficient (Wildman–Crippen LogP) is -0.138. The number of nitrogens with one attached hydrogen (secondary N) is 1. The van der Waals surface area contributed by atoms with E-state index in [2.05, 4.69) is 14.8 Å². The zero-order valence-corrected chi connectivity index (χ0v) is 12.1. The summed E-state index contributed by atoms with van der Waals surface area (Å²) in [6.07, 6.45) is 2.23. The van der Waals surface area contributed by atoms with Crippen LogP contribution in [0.4, 0.5) is 0 Å². The number of nitrogens with zero attached hydrogens (tertiary/aromatic N) is 3. The standard InChI is InChI=1S/C14H23N5O/c1-18(2)8-11-6-12(20)9-19(11)7-10-3-4-17-13(5-10)14(15)16/h3-5,11-12,20H,6-9H2,1-2H3,(H3,15,16). The van der Waals surface area contributed by atoms with Crippen molar-refractivity contribution in [2.45, 2.75) is 25.1 Å². The number of β-amino-alcohol motifs (C(OH)–C–C–N with tert-alkyl or cyclic N) is 1. The summed E-state index contributed by atoms with van der Waals surface area (Å²) >= 11 is 0. The van der Waals surface area contributed by atoms with Gasteiger partial charge in [0.25, 0.3) is 0 Å². The van der Waals surface area contributed by atoms with Gasteiger partial charge in [-0.05, 0) is 38.2 Å². The number of nitrogen functional groups attached to an aromatic ring is 1. The molecule has 0 saturated carbocycles. The molecule has 2 heterocycles. The van der Waals surface area contributed by atoms with Crippen LogP contribution in [0.2, 0.25) is 0 Å². The molecule has 1 fully saturated rings. The zero-order chi connectivity index (χ0) is 14.7. The quantitative estimate of drug-likeness (QED) is 0.515. The molecular weight excluding hydrogens is 254 g/mol. The molecule has 0 bridgehead atoms. The largest absolute Gasteiger partial charge is 0.392 e. The molecule has 0 aromatic carbocycles. The van der Waals surface area contributed by atoms with Crippen LogP contribution < -0.4 is 5.73 Å². The molecule has 2 rings (SSSR count). The van der Waals surface area contributed by atoms with E-state index in [0.717, 1.165) is 25.1 Å². The molecule has 2 unspecified atom stereocenters. The number of hydrogen-bond acceptors (Lipinski definition) is 5. The Balaban J connectivity index is 2.07. The molecule has 0 amide bonds. The van der Waals surface area contributed by atoms with Crippen LogP contribution in [-0.2, 0) is 6.54 Å². The van der Waals surface area contributed by atoms with E-state index in [1.54, 1.807) is 6.20 Å². The molecule has 1 saturated heterocycles. The van der Waals surface area contributed by atoms with Gasteiger partial charge in [0.2, 0.25) is 0 Å². The average molecular weight is 277 g/mol. The number of amidine groups is 1. The molecule has 2 atom stereocenters. The predicted molar refractivity (Wildman–Crippen MR) is 78.6 cm³/mol. The topological polar surface area (TPSA) is 89.5 Å². The number of aliphatic hydroxyl groups excluding tert-OH is 1. The van der Waals surface area contributed by atoms with Gasteiger partial charge in [-0.1, -0.05) is 0 Å². The number of hydrogen-bond donors (Lipinski definition) is 3. The Labute approximate surface area is 119 Å². The lowest BCUT2D eigenvalue weighted by Gasteiger charge is -2.26. The van der Waals surface area contributed by atoms with Crippen LogP contribution in [-0.4, -0.2) is 65.1 Å². The van der Waals surface area contributed by atoms with Gasteiger partial charge in [0.1, 0.15) is 11.5 Å². The smallest absolute Gasteiger partial charge is 0.141 e. The van der Waals surface area contributed by atoms with E-state index in [-0.39, 0.29) is 11.9 Å². The molecule has 6 heteroatoms. The molecule has 1 aromatic rings. The number of likely N-dealkylation sites (tertiary alicyclic amines) is 1. The third kappa shape index (κ3) is 3.75. The minimum Gasteiger partial charge on any atom is -0.392 e. The van der Waals surface area contributed by atoms with Crippen molar-refractivity contribution in [3.8, 4) is 0 Å². The summed E-state index contributed by atoms with van der Waals surface area (Å²) in [7, 11) is 4.09. The first-order valence-electron chi connectivity index (χ1n) is 6.82. The Bertz CT molecular complexity index is 476. The number of aliphatic hydroxyl groups is 1. The summed E-state index contributed by atoms with van der Waals surface area (Å²) in [6.45, 7) is 2.37. The maximum absolute atomic E-state index is 9.88. The van der Waals surface area contributed by atoms with Crippen LogP contribution in [0.3, 0.4) is 0 Å². The third-order valence-corrected chi connectivity index (χ3v) is 3.57. The van der Waals surface area contributed by atoms with Gasteiger partial charge in [-0.2, -0.15) is 0 Å². The van der Waals surface area contributed by atoms with Gasteiger partial charge in [0, 0.05) is 31.9 Å². The lowest BCUT2D eigenvalue weighted by molar-refractivity contribution is 0.169. The maximum Gasteiger partial charge on any atom is 0.141 e. The second-order valence-corrected chi connectivity index (χ2v) is 5.70. The monoisotopic (exact) mass is 277 g/mol. The Hall–Kier alpha value is -1.50. The van der Waals surface area contributed by atoms with Crippen molar-refractivity contribution in [3.05, 3.63) is 29.6 Å². The molecule has 0 aliphatic carbocycles. The van der Waals surface area contributed by atoms with E-state index >= 15 is 0 Å². The van der Waals surface area contributed by atoms with Crippen molar-refractivity contribution in [2.24, 2.45) is 5.73 Å². The molecule has 110 valence electrons. The van der Waals surface area contributed by atoms with Gasteiger partial charge < -0.3 is 15.7 Å². The van der Waals surface area contributed by atoms with Gasteiger partial charge in [-0.15, -0.1) is 0 Å². The van der Waals surface area contributed by atoms with E-state index in [4.69, 9.17) is 11.1 Å². The highest BCUT2D eigenvalue weighted by Gasteiger charge is 2.30. The normalized spacial score (nSPS) is 23.4. The summed E-state index contributed by atoms with van der Waals surface area (Å²) < 4.78 is 0. The van der Waals surface area contributed by atoms with Crippen molar-refractivity contribution in [3.63, 3.8) is 0 Å². The highest BCUT2D eigenvalue weighted by Crippen LogP contribution is 2.21. The fraction of sp³-hybridized carbons (Fsp3) is 0.571. The zero-order valence-electron chi connectivity index (χ0n) is 12.1. The third-order valence-electron chi connectivity index (χ3n) is 3.57. The van der Waals surface area contributed by atoms with Crippen LogP contribution >= 0.6 is 0 Å². The molecule has 6 nitrogen and oxygen atoms in total. The van der Waals surface area contributed by atoms with Gasteiger partial charge in [0.05, 0.1) is 6.10 Å². The first kappa shape index (κ1) is 14.9. The number of pyridine rings is 1. The van der Waals surface area contributed by atoms with Crippen LogP contribution in [0, 0.1) is 5.41 Å². The Morgan fingerprint density at radius 1 is 1.60 bits per heavy atom. The van der Waals surface area contributed by atoms with Gasteiger partial charge in [-0.25, -0.2) is 0 Å².